The van der Waals surface area contributed by atoms with Crippen LogP contribution in [0.25, 0.3) is 0 Å². The first-order chi connectivity index (χ1) is 8.21. The second kappa shape index (κ2) is 6.22. The minimum Gasteiger partial charge on any atom is -0.462 e. The van der Waals surface area contributed by atoms with E-state index in [1.165, 1.54) is 0 Å². The van der Waals surface area contributed by atoms with E-state index in [4.69, 9.17) is 9.29 Å². The molecule has 0 amide bonds. The van der Waals surface area contributed by atoms with Crippen molar-refractivity contribution in [3.05, 3.63) is 0 Å². The van der Waals surface area contributed by atoms with Crippen LogP contribution in [0, 0.1) is 10.8 Å². The topological polar surface area (TPSA) is 80.7 Å². The van der Waals surface area contributed by atoms with Crippen molar-refractivity contribution in [2.24, 2.45) is 10.8 Å². The van der Waals surface area contributed by atoms with Crippen LogP contribution in [-0.2, 0) is 19.6 Å². The average Bonchev–Trinajstić information content (AvgIpc) is 2.09. The summed E-state index contributed by atoms with van der Waals surface area (Å²) in [6.07, 6.45) is 0.0744. The van der Waals surface area contributed by atoms with E-state index >= 15 is 0 Å². The molecule has 0 aromatic carbocycles. The summed E-state index contributed by atoms with van der Waals surface area (Å²) >= 11 is 0. The van der Waals surface area contributed by atoms with Gasteiger partial charge in [-0.15, -0.1) is 0 Å². The van der Waals surface area contributed by atoms with Crippen molar-refractivity contribution in [2.75, 3.05) is 5.75 Å². The number of carbonyl (C=O) groups is 1. The summed E-state index contributed by atoms with van der Waals surface area (Å²) in [4.78, 5) is 11.6. The van der Waals surface area contributed by atoms with Gasteiger partial charge in [-0.2, -0.15) is 8.42 Å². The van der Waals surface area contributed by atoms with Crippen LogP contribution < -0.4 is 0 Å². The Labute approximate surface area is 116 Å². The van der Waals surface area contributed by atoms with Gasteiger partial charge in [0.25, 0.3) is 10.1 Å². The van der Waals surface area contributed by atoms with Crippen molar-refractivity contribution in [1.82, 2.24) is 0 Å². The summed E-state index contributed by atoms with van der Waals surface area (Å²) < 4.78 is 35.2. The highest BCUT2D eigenvalue weighted by atomic mass is 32.2. The molecule has 0 aromatic rings. The lowest BCUT2D eigenvalue weighted by Gasteiger charge is -2.35. The van der Waals surface area contributed by atoms with E-state index in [-0.39, 0.29) is 23.4 Å². The van der Waals surface area contributed by atoms with Crippen molar-refractivity contribution in [2.45, 2.75) is 60.5 Å². The maximum atomic E-state index is 11.6. The quantitative estimate of drug-likeness (QED) is 0.623. The number of carbonyl (C=O) groups excluding carboxylic acids is 1. The fraction of sp³-hybridized carbons (Fsp3) is 0.923. The van der Waals surface area contributed by atoms with Gasteiger partial charge in [-0.3, -0.25) is 9.35 Å². The van der Waals surface area contributed by atoms with Crippen LogP contribution in [0.2, 0.25) is 0 Å². The molecule has 1 N–H and O–H groups in total. The van der Waals surface area contributed by atoms with E-state index in [0.29, 0.717) is 6.42 Å². The Morgan fingerprint density at radius 2 is 1.63 bits per heavy atom. The molecule has 0 aliphatic carbocycles. The second-order valence-electron chi connectivity index (χ2n) is 7.15. The van der Waals surface area contributed by atoms with Gasteiger partial charge in [0.15, 0.2) is 0 Å². The fourth-order valence-corrected chi connectivity index (χ4v) is 1.94. The first kappa shape index (κ1) is 18.4. The number of ether oxygens (including phenoxy) is 1. The van der Waals surface area contributed by atoms with Gasteiger partial charge in [0.1, 0.15) is 6.10 Å². The highest BCUT2D eigenvalue weighted by Gasteiger charge is 2.32. The lowest BCUT2D eigenvalue weighted by atomic mass is 9.78. The molecule has 19 heavy (non-hydrogen) atoms. The average molecular weight is 294 g/mol. The first-order valence-corrected chi connectivity index (χ1v) is 7.96. The van der Waals surface area contributed by atoms with Gasteiger partial charge in [0.05, 0.1) is 12.2 Å². The predicted octanol–water partition coefficient (Wildman–Crippen LogP) is 2.66. The summed E-state index contributed by atoms with van der Waals surface area (Å²) in [5.74, 6) is -1.19. The highest BCUT2D eigenvalue weighted by Crippen LogP contribution is 2.33. The molecule has 1 unspecified atom stereocenters. The Morgan fingerprint density at radius 3 is 1.95 bits per heavy atom. The zero-order valence-corrected chi connectivity index (χ0v) is 13.5. The Morgan fingerprint density at radius 1 is 1.16 bits per heavy atom. The van der Waals surface area contributed by atoms with E-state index in [9.17, 15) is 13.2 Å². The van der Waals surface area contributed by atoms with E-state index in [0.717, 1.165) is 0 Å². The number of rotatable bonds is 5. The van der Waals surface area contributed by atoms with Crippen LogP contribution in [0.15, 0.2) is 0 Å². The molecule has 0 saturated carbocycles. The van der Waals surface area contributed by atoms with Crippen LogP contribution in [0.1, 0.15) is 54.4 Å². The molecule has 0 aromatic heterocycles. The van der Waals surface area contributed by atoms with Gasteiger partial charge in [-0.25, -0.2) is 0 Å². The van der Waals surface area contributed by atoms with Gasteiger partial charge >= 0.3 is 5.97 Å². The molecule has 0 radical (unpaired) electrons. The minimum atomic E-state index is -4.13. The van der Waals surface area contributed by atoms with Crippen molar-refractivity contribution >= 4 is 16.1 Å². The zero-order valence-electron chi connectivity index (χ0n) is 12.7. The fourth-order valence-electron chi connectivity index (χ4n) is 1.51. The Hall–Kier alpha value is -0.620. The van der Waals surface area contributed by atoms with Crippen molar-refractivity contribution in [1.29, 1.82) is 0 Å². The SMILES string of the molecule is CC(C)(C)CC(OC(=O)CCS(=O)(=O)O)C(C)(C)C. The molecule has 6 heteroatoms. The third-order valence-electron chi connectivity index (χ3n) is 2.60. The van der Waals surface area contributed by atoms with Crippen LogP contribution in [0.5, 0.6) is 0 Å². The van der Waals surface area contributed by atoms with Crippen molar-refractivity contribution in [3.8, 4) is 0 Å². The molecule has 0 heterocycles. The highest BCUT2D eigenvalue weighted by molar-refractivity contribution is 7.85. The molecule has 0 bridgehead atoms. The minimum absolute atomic E-state index is 0.00127. The second-order valence-corrected chi connectivity index (χ2v) is 8.72. The lowest BCUT2D eigenvalue weighted by molar-refractivity contribution is -0.156. The van der Waals surface area contributed by atoms with E-state index in [1.54, 1.807) is 0 Å². The molecule has 0 saturated heterocycles. The molecular weight excluding hydrogens is 268 g/mol. The third kappa shape index (κ3) is 9.90. The van der Waals surface area contributed by atoms with Crippen LogP contribution in [0.4, 0.5) is 0 Å². The standard InChI is InChI=1S/C13H26O5S/c1-12(2,3)9-10(13(4,5)6)18-11(14)7-8-19(15,16)17/h10H,7-9H2,1-6H3,(H,15,16,17). The molecule has 1 atom stereocenters. The van der Waals surface area contributed by atoms with Crippen molar-refractivity contribution in [3.63, 3.8) is 0 Å². The molecule has 0 rings (SSSR count). The van der Waals surface area contributed by atoms with Crippen molar-refractivity contribution < 1.29 is 22.5 Å². The Kier molecular flexibility index (Phi) is 6.02. The summed E-state index contributed by atoms with van der Waals surface area (Å²) in [6, 6.07) is 0. The monoisotopic (exact) mass is 294 g/mol. The normalized spacial score (nSPS) is 15.1. The summed E-state index contributed by atoms with van der Waals surface area (Å²) in [5, 5.41) is 0. The van der Waals surface area contributed by atoms with E-state index < -0.39 is 21.8 Å². The maximum absolute atomic E-state index is 11.6. The third-order valence-corrected chi connectivity index (χ3v) is 3.32. The Bertz CT molecular complexity index is 398. The molecule has 114 valence electrons. The number of esters is 1. The zero-order chi connectivity index (χ0) is 15.5. The first-order valence-electron chi connectivity index (χ1n) is 6.35. The molecular formula is C13H26O5S. The van der Waals surface area contributed by atoms with Crippen LogP contribution >= 0.6 is 0 Å². The van der Waals surface area contributed by atoms with E-state index in [1.807, 2.05) is 20.8 Å². The lowest BCUT2D eigenvalue weighted by Crippen LogP contribution is -2.35. The van der Waals surface area contributed by atoms with E-state index in [2.05, 4.69) is 20.8 Å². The smallest absolute Gasteiger partial charge is 0.307 e. The largest absolute Gasteiger partial charge is 0.462 e. The molecule has 0 fully saturated rings. The summed E-state index contributed by atoms with van der Waals surface area (Å²) in [5.41, 5.74) is -0.220. The predicted molar refractivity (Wildman–Crippen MR) is 74.4 cm³/mol. The molecule has 0 aliphatic rings. The van der Waals surface area contributed by atoms with Crippen LogP contribution in [0.3, 0.4) is 0 Å². The molecule has 0 spiro atoms. The molecule has 5 nitrogen and oxygen atoms in total. The van der Waals surface area contributed by atoms with Crippen LogP contribution in [-0.4, -0.2) is 30.8 Å². The summed E-state index contributed by atoms with van der Waals surface area (Å²) in [6.45, 7) is 12.1. The summed E-state index contributed by atoms with van der Waals surface area (Å²) in [7, 11) is -4.13. The number of hydrogen-bond acceptors (Lipinski definition) is 4. The van der Waals surface area contributed by atoms with Gasteiger partial charge < -0.3 is 4.74 Å². The molecule has 0 aliphatic heterocycles. The van der Waals surface area contributed by atoms with Gasteiger partial charge in [0, 0.05) is 0 Å². The number of hydrogen-bond donors (Lipinski definition) is 1. The Balaban J connectivity index is 4.62. The van der Waals surface area contributed by atoms with Gasteiger partial charge in [0.2, 0.25) is 0 Å². The van der Waals surface area contributed by atoms with Gasteiger partial charge in [-0.1, -0.05) is 41.5 Å². The van der Waals surface area contributed by atoms with Gasteiger partial charge in [-0.05, 0) is 17.3 Å². The maximum Gasteiger partial charge on any atom is 0.307 e.